The highest BCUT2D eigenvalue weighted by Gasteiger charge is 2.42. The van der Waals surface area contributed by atoms with Gasteiger partial charge in [0.15, 0.2) is 5.11 Å². The largest absolute Gasteiger partial charge is 0.467 e. The maximum Gasteiger partial charge on any atom is 0.174 e. The second-order valence-electron chi connectivity index (χ2n) is 8.33. The highest BCUT2D eigenvalue weighted by molar-refractivity contribution is 7.80. The van der Waals surface area contributed by atoms with E-state index >= 15 is 0 Å². The maximum absolute atomic E-state index is 5.86. The molecule has 0 aliphatic carbocycles. The third kappa shape index (κ3) is 3.60. The van der Waals surface area contributed by atoms with Gasteiger partial charge in [0.05, 0.1) is 30.6 Å². The molecule has 4 heterocycles. The lowest BCUT2D eigenvalue weighted by Gasteiger charge is -2.28. The fourth-order valence-corrected chi connectivity index (χ4v) is 5.00. The number of rotatable bonds is 5. The average molecular weight is 443 g/mol. The van der Waals surface area contributed by atoms with Crippen LogP contribution >= 0.6 is 12.2 Å². The maximum atomic E-state index is 5.86. The molecular weight excluding hydrogens is 416 g/mol. The van der Waals surface area contributed by atoms with Crippen LogP contribution in [-0.4, -0.2) is 14.7 Å². The van der Waals surface area contributed by atoms with Gasteiger partial charge in [-0.05, 0) is 86.6 Å². The van der Waals surface area contributed by atoms with Crippen molar-refractivity contribution in [1.82, 2.24) is 14.9 Å². The molecule has 6 heteroatoms. The molecule has 1 aliphatic rings. The standard InChI is InChI=1S/C26H26N4OS/c1-17-8-6-9-20(14-17)30-25(24(28-26(30)32)23-11-4-5-12-27-23)22-15-18(2)29(19(22)3)16-21-10-7-13-31-21/h4-15,24-25H,16H2,1-3H3,(H,28,32)/t24-,25+/m1/s1. The van der Waals surface area contributed by atoms with Crippen LogP contribution in [0.2, 0.25) is 0 Å². The summed E-state index contributed by atoms with van der Waals surface area (Å²) < 4.78 is 7.92. The molecule has 162 valence electrons. The van der Waals surface area contributed by atoms with Crippen LogP contribution in [0, 0.1) is 20.8 Å². The molecule has 5 nitrogen and oxygen atoms in total. The minimum atomic E-state index is -0.0539. The van der Waals surface area contributed by atoms with Crippen LogP contribution in [0.3, 0.4) is 0 Å². The molecule has 1 aliphatic heterocycles. The van der Waals surface area contributed by atoms with E-state index in [0.29, 0.717) is 11.7 Å². The van der Waals surface area contributed by atoms with Crippen molar-refractivity contribution in [2.45, 2.75) is 39.4 Å². The van der Waals surface area contributed by atoms with Crippen LogP contribution in [0.1, 0.15) is 46.1 Å². The predicted molar refractivity (Wildman–Crippen MR) is 131 cm³/mol. The number of aryl methyl sites for hydroxylation is 2. The van der Waals surface area contributed by atoms with E-state index < -0.39 is 0 Å². The highest BCUT2D eigenvalue weighted by Crippen LogP contribution is 2.43. The van der Waals surface area contributed by atoms with Gasteiger partial charge >= 0.3 is 0 Å². The topological polar surface area (TPSA) is 46.2 Å². The molecule has 4 aromatic rings. The van der Waals surface area contributed by atoms with Crippen molar-refractivity contribution < 1.29 is 4.42 Å². The zero-order valence-corrected chi connectivity index (χ0v) is 19.3. The average Bonchev–Trinajstić information content (AvgIpc) is 3.49. The van der Waals surface area contributed by atoms with Crippen LogP contribution in [0.25, 0.3) is 0 Å². The molecule has 0 unspecified atom stereocenters. The van der Waals surface area contributed by atoms with Gasteiger partial charge in [0.2, 0.25) is 0 Å². The van der Waals surface area contributed by atoms with Crippen LogP contribution in [0.5, 0.6) is 0 Å². The first-order valence-corrected chi connectivity index (χ1v) is 11.2. The molecule has 0 bridgehead atoms. The molecule has 3 aromatic heterocycles. The Balaban J connectivity index is 1.63. The quantitative estimate of drug-likeness (QED) is 0.406. The van der Waals surface area contributed by atoms with Gasteiger partial charge in [0.25, 0.3) is 0 Å². The van der Waals surface area contributed by atoms with Gasteiger partial charge in [-0.25, -0.2) is 0 Å². The minimum absolute atomic E-state index is 0.0178. The van der Waals surface area contributed by atoms with Crippen molar-refractivity contribution in [2.24, 2.45) is 0 Å². The Morgan fingerprint density at radius 1 is 1.03 bits per heavy atom. The minimum Gasteiger partial charge on any atom is -0.467 e. The first-order chi connectivity index (χ1) is 15.5. The summed E-state index contributed by atoms with van der Waals surface area (Å²) in [4.78, 5) is 6.90. The predicted octanol–water partition coefficient (Wildman–Crippen LogP) is 5.63. The van der Waals surface area contributed by atoms with Gasteiger partial charge in [0.1, 0.15) is 5.76 Å². The monoisotopic (exact) mass is 442 g/mol. The fourth-order valence-electron chi connectivity index (χ4n) is 4.66. The second kappa shape index (κ2) is 8.28. The molecular formula is C26H26N4OS. The van der Waals surface area contributed by atoms with Crippen LogP contribution in [0.15, 0.2) is 77.5 Å². The van der Waals surface area contributed by atoms with Gasteiger partial charge < -0.3 is 19.2 Å². The molecule has 1 saturated heterocycles. The molecule has 1 N–H and O–H groups in total. The van der Waals surface area contributed by atoms with Gasteiger partial charge in [0, 0.05) is 23.3 Å². The first-order valence-electron chi connectivity index (χ1n) is 10.8. The number of nitrogens with zero attached hydrogens (tertiary/aromatic N) is 3. The van der Waals surface area contributed by atoms with Crippen LogP contribution < -0.4 is 10.2 Å². The van der Waals surface area contributed by atoms with Gasteiger partial charge in [-0.1, -0.05) is 18.2 Å². The van der Waals surface area contributed by atoms with E-state index in [1.807, 2.05) is 30.5 Å². The molecule has 0 radical (unpaired) electrons. The molecule has 5 rings (SSSR count). The number of aromatic nitrogens is 2. The third-order valence-electron chi connectivity index (χ3n) is 6.20. The summed E-state index contributed by atoms with van der Waals surface area (Å²) in [6.45, 7) is 7.13. The summed E-state index contributed by atoms with van der Waals surface area (Å²) in [5.41, 5.74) is 6.89. The van der Waals surface area contributed by atoms with E-state index in [2.05, 4.69) is 76.9 Å². The Labute approximate surface area is 193 Å². The second-order valence-corrected chi connectivity index (χ2v) is 8.71. The van der Waals surface area contributed by atoms with Crippen molar-refractivity contribution in [3.8, 4) is 0 Å². The van der Waals surface area contributed by atoms with E-state index in [0.717, 1.165) is 17.1 Å². The Hall–Kier alpha value is -3.38. The number of benzene rings is 1. The number of hydrogen-bond acceptors (Lipinski definition) is 3. The summed E-state index contributed by atoms with van der Waals surface area (Å²) >= 11 is 5.86. The lowest BCUT2D eigenvalue weighted by Crippen LogP contribution is -2.29. The van der Waals surface area contributed by atoms with Crippen LogP contribution in [-0.2, 0) is 6.54 Å². The molecule has 32 heavy (non-hydrogen) atoms. The van der Waals surface area contributed by atoms with Crippen molar-refractivity contribution in [3.63, 3.8) is 0 Å². The summed E-state index contributed by atoms with van der Waals surface area (Å²) in [5, 5.41) is 4.27. The SMILES string of the molecule is Cc1cccc(N2C(=S)N[C@H](c3ccccn3)[C@@H]2c2cc(C)n(Cc3ccco3)c2C)c1. The normalized spacial score (nSPS) is 18.2. The van der Waals surface area contributed by atoms with Crippen LogP contribution in [0.4, 0.5) is 5.69 Å². The summed E-state index contributed by atoms with van der Waals surface area (Å²) in [5.74, 6) is 0.940. The van der Waals surface area contributed by atoms with E-state index in [-0.39, 0.29) is 12.1 Å². The number of nitrogens with one attached hydrogen (secondary N) is 1. The van der Waals surface area contributed by atoms with E-state index in [4.69, 9.17) is 16.6 Å². The summed E-state index contributed by atoms with van der Waals surface area (Å²) in [6.07, 6.45) is 3.56. The van der Waals surface area contributed by atoms with Gasteiger partial charge in [-0.2, -0.15) is 0 Å². The number of furan rings is 1. The first kappa shape index (κ1) is 20.5. The van der Waals surface area contributed by atoms with E-state index in [1.54, 1.807) is 6.26 Å². The molecule has 0 amide bonds. The van der Waals surface area contributed by atoms with Gasteiger partial charge in [-0.15, -0.1) is 0 Å². The Morgan fingerprint density at radius 3 is 2.62 bits per heavy atom. The molecule has 0 saturated carbocycles. The molecule has 0 spiro atoms. The third-order valence-corrected chi connectivity index (χ3v) is 6.52. The number of thiocarbonyl (C=S) groups is 1. The Morgan fingerprint density at radius 2 is 1.91 bits per heavy atom. The van der Waals surface area contributed by atoms with Gasteiger partial charge in [-0.3, -0.25) is 4.98 Å². The number of hydrogen-bond donors (Lipinski definition) is 1. The zero-order chi connectivity index (χ0) is 22.2. The molecule has 2 atom stereocenters. The number of anilines is 1. The highest BCUT2D eigenvalue weighted by atomic mass is 32.1. The summed E-state index contributed by atoms with van der Waals surface area (Å²) in [6, 6.07) is 20.7. The lowest BCUT2D eigenvalue weighted by molar-refractivity contribution is 0.488. The lowest BCUT2D eigenvalue weighted by atomic mass is 9.96. The Bertz CT molecular complexity index is 1250. The fraction of sp³-hybridized carbons (Fsp3) is 0.231. The molecule has 1 fully saturated rings. The number of pyridine rings is 1. The summed E-state index contributed by atoms with van der Waals surface area (Å²) in [7, 11) is 0. The zero-order valence-electron chi connectivity index (χ0n) is 18.4. The molecule has 1 aromatic carbocycles. The van der Waals surface area contributed by atoms with E-state index in [9.17, 15) is 0 Å². The smallest absolute Gasteiger partial charge is 0.174 e. The van der Waals surface area contributed by atoms with Crippen molar-refractivity contribution >= 4 is 23.0 Å². The van der Waals surface area contributed by atoms with Crippen molar-refractivity contribution in [2.75, 3.05) is 4.90 Å². The van der Waals surface area contributed by atoms with Crippen molar-refractivity contribution in [1.29, 1.82) is 0 Å². The van der Waals surface area contributed by atoms with E-state index in [1.165, 1.54) is 22.5 Å². The van der Waals surface area contributed by atoms with Crippen molar-refractivity contribution in [3.05, 3.63) is 107 Å². The Kier molecular flexibility index (Phi) is 5.31.